The van der Waals surface area contributed by atoms with Crippen molar-refractivity contribution in [1.82, 2.24) is 5.32 Å². The molecule has 0 saturated carbocycles. The molecule has 1 heterocycles. The Bertz CT molecular complexity index is 692. The van der Waals surface area contributed by atoms with Crippen molar-refractivity contribution in [2.24, 2.45) is 0 Å². The average Bonchev–Trinajstić information content (AvgIpc) is 2.74. The number of carboxylic acid groups (broad SMARTS) is 1. The Kier molecular flexibility index (Phi) is 4.26. The number of benzene rings is 1. The highest BCUT2D eigenvalue weighted by Gasteiger charge is 2.21. The minimum absolute atomic E-state index is 0.0828. The van der Waals surface area contributed by atoms with E-state index in [1.807, 2.05) is 0 Å². The van der Waals surface area contributed by atoms with Gasteiger partial charge in [0.05, 0.1) is 6.42 Å². The smallest absolute Gasteiger partial charge is 0.305 e. The van der Waals surface area contributed by atoms with Crippen LogP contribution < -0.4 is 5.32 Å². The lowest BCUT2D eigenvalue weighted by Gasteiger charge is -2.13. The zero-order valence-corrected chi connectivity index (χ0v) is 11.8. The molecule has 1 amide bonds. The van der Waals surface area contributed by atoms with Crippen molar-refractivity contribution in [3.05, 3.63) is 35.3 Å². The highest BCUT2D eigenvalue weighted by Crippen LogP contribution is 2.26. The van der Waals surface area contributed by atoms with Crippen LogP contribution in [0.15, 0.2) is 22.6 Å². The molecule has 2 N–H and O–H groups in total. The molecule has 1 aromatic carbocycles. The van der Waals surface area contributed by atoms with E-state index in [1.54, 1.807) is 13.8 Å². The predicted octanol–water partition coefficient (Wildman–Crippen LogP) is 2.86. The number of aryl methyl sites for hydroxylation is 1. The van der Waals surface area contributed by atoms with Gasteiger partial charge in [-0.15, -0.1) is 0 Å². The Morgan fingerprint density at radius 3 is 2.76 bits per heavy atom. The number of hydrogen-bond acceptors (Lipinski definition) is 3. The number of amides is 1. The van der Waals surface area contributed by atoms with E-state index in [1.165, 1.54) is 18.2 Å². The van der Waals surface area contributed by atoms with Gasteiger partial charge in [-0.2, -0.15) is 0 Å². The molecule has 112 valence electrons. The van der Waals surface area contributed by atoms with E-state index in [-0.39, 0.29) is 12.2 Å². The fourth-order valence-electron chi connectivity index (χ4n) is 2.17. The third-order valence-electron chi connectivity index (χ3n) is 3.35. The van der Waals surface area contributed by atoms with Gasteiger partial charge in [0.25, 0.3) is 5.91 Å². The molecule has 1 aromatic heterocycles. The summed E-state index contributed by atoms with van der Waals surface area (Å²) >= 11 is 0. The summed E-state index contributed by atoms with van der Waals surface area (Å²) in [5.74, 6) is -1.79. The topological polar surface area (TPSA) is 79.5 Å². The number of furan rings is 1. The fourth-order valence-corrected chi connectivity index (χ4v) is 2.17. The molecule has 0 aliphatic heterocycles. The number of hydrogen-bond donors (Lipinski definition) is 2. The number of aliphatic carboxylic acids is 1. The second kappa shape index (κ2) is 5.95. The molecule has 0 bridgehead atoms. The maximum Gasteiger partial charge on any atom is 0.305 e. The Hall–Kier alpha value is -2.37. The third-order valence-corrected chi connectivity index (χ3v) is 3.35. The molecule has 1 unspecified atom stereocenters. The lowest BCUT2D eigenvalue weighted by Crippen LogP contribution is -2.36. The first-order chi connectivity index (χ1) is 9.92. The number of carboxylic acids is 1. The molecule has 5 nitrogen and oxygen atoms in total. The van der Waals surface area contributed by atoms with Gasteiger partial charge in [-0.25, -0.2) is 4.39 Å². The van der Waals surface area contributed by atoms with Gasteiger partial charge in [-0.1, -0.05) is 6.92 Å². The van der Waals surface area contributed by atoms with Gasteiger partial charge in [0, 0.05) is 17.0 Å². The van der Waals surface area contributed by atoms with Gasteiger partial charge in [-0.05, 0) is 31.5 Å². The largest absolute Gasteiger partial charge is 0.481 e. The van der Waals surface area contributed by atoms with E-state index < -0.39 is 23.7 Å². The summed E-state index contributed by atoms with van der Waals surface area (Å²) in [7, 11) is 0. The molecular formula is C15H16FNO4. The van der Waals surface area contributed by atoms with Crippen molar-refractivity contribution in [1.29, 1.82) is 0 Å². The van der Waals surface area contributed by atoms with Crippen LogP contribution in [0.1, 0.15) is 35.9 Å². The second-order valence-electron chi connectivity index (χ2n) is 4.87. The highest BCUT2D eigenvalue weighted by atomic mass is 19.1. The minimum Gasteiger partial charge on any atom is -0.481 e. The average molecular weight is 293 g/mol. The molecule has 2 rings (SSSR count). The number of halogens is 1. The molecule has 2 aromatic rings. The van der Waals surface area contributed by atoms with Crippen LogP contribution in [-0.4, -0.2) is 23.0 Å². The molecule has 0 radical (unpaired) electrons. The van der Waals surface area contributed by atoms with Crippen molar-refractivity contribution in [2.75, 3.05) is 0 Å². The van der Waals surface area contributed by atoms with Gasteiger partial charge in [0.1, 0.15) is 11.4 Å². The monoisotopic (exact) mass is 293 g/mol. The fraction of sp³-hybridized carbons (Fsp3) is 0.333. The van der Waals surface area contributed by atoms with Crippen LogP contribution >= 0.6 is 0 Å². The van der Waals surface area contributed by atoms with Crippen molar-refractivity contribution in [3.63, 3.8) is 0 Å². The summed E-state index contributed by atoms with van der Waals surface area (Å²) in [5.41, 5.74) is 0.956. The standard InChI is InChI=1S/C15H16FNO4/c1-3-10(7-13(18)19)17-15(20)14-8(2)11-6-9(16)4-5-12(11)21-14/h4-6,10H,3,7H2,1-2H3,(H,17,20)(H,18,19). The number of carbonyl (C=O) groups excluding carboxylic acids is 1. The zero-order chi connectivity index (χ0) is 15.6. The van der Waals surface area contributed by atoms with Crippen molar-refractivity contribution >= 4 is 22.8 Å². The van der Waals surface area contributed by atoms with E-state index in [4.69, 9.17) is 9.52 Å². The van der Waals surface area contributed by atoms with Crippen LogP contribution in [0.25, 0.3) is 11.0 Å². The lowest BCUT2D eigenvalue weighted by atomic mass is 10.1. The Labute approximate surface area is 120 Å². The molecular weight excluding hydrogens is 277 g/mol. The van der Waals surface area contributed by atoms with Gasteiger partial charge in [0.15, 0.2) is 5.76 Å². The lowest BCUT2D eigenvalue weighted by molar-refractivity contribution is -0.137. The summed E-state index contributed by atoms with van der Waals surface area (Å²) < 4.78 is 18.7. The van der Waals surface area contributed by atoms with Crippen molar-refractivity contribution in [2.45, 2.75) is 32.7 Å². The highest BCUT2D eigenvalue weighted by molar-refractivity contribution is 5.99. The molecule has 0 aliphatic carbocycles. The normalized spacial score (nSPS) is 12.3. The van der Waals surface area contributed by atoms with Crippen LogP contribution in [0.2, 0.25) is 0 Å². The van der Waals surface area contributed by atoms with Gasteiger partial charge >= 0.3 is 5.97 Å². The van der Waals surface area contributed by atoms with Crippen molar-refractivity contribution < 1.29 is 23.5 Å². The van der Waals surface area contributed by atoms with Crippen LogP contribution in [-0.2, 0) is 4.79 Å². The van der Waals surface area contributed by atoms with Gasteiger partial charge < -0.3 is 14.8 Å². The Morgan fingerprint density at radius 2 is 2.14 bits per heavy atom. The molecule has 6 heteroatoms. The van der Waals surface area contributed by atoms with Crippen LogP contribution in [0.3, 0.4) is 0 Å². The summed E-state index contributed by atoms with van der Waals surface area (Å²) in [6, 6.07) is 3.55. The third kappa shape index (κ3) is 3.21. The van der Waals surface area contributed by atoms with Crippen LogP contribution in [0, 0.1) is 12.7 Å². The number of nitrogens with one attached hydrogen (secondary N) is 1. The van der Waals surface area contributed by atoms with Gasteiger partial charge in [0.2, 0.25) is 0 Å². The van der Waals surface area contributed by atoms with Crippen LogP contribution in [0.4, 0.5) is 4.39 Å². The molecule has 0 spiro atoms. The number of carbonyl (C=O) groups is 2. The molecule has 0 fully saturated rings. The Morgan fingerprint density at radius 1 is 1.43 bits per heavy atom. The predicted molar refractivity (Wildman–Crippen MR) is 74.7 cm³/mol. The number of rotatable bonds is 5. The Balaban J connectivity index is 2.27. The summed E-state index contributed by atoms with van der Waals surface area (Å²) in [6.07, 6.45) is 0.335. The second-order valence-corrected chi connectivity index (χ2v) is 4.87. The van der Waals surface area contributed by atoms with Crippen LogP contribution in [0.5, 0.6) is 0 Å². The summed E-state index contributed by atoms with van der Waals surface area (Å²) in [5, 5.41) is 11.9. The van der Waals surface area contributed by atoms with E-state index >= 15 is 0 Å². The van der Waals surface area contributed by atoms with Gasteiger partial charge in [-0.3, -0.25) is 9.59 Å². The molecule has 21 heavy (non-hydrogen) atoms. The zero-order valence-electron chi connectivity index (χ0n) is 11.8. The van der Waals surface area contributed by atoms with E-state index in [2.05, 4.69) is 5.32 Å². The molecule has 1 atom stereocenters. The maximum absolute atomic E-state index is 13.2. The summed E-state index contributed by atoms with van der Waals surface area (Å²) in [4.78, 5) is 22.9. The molecule has 0 aliphatic rings. The SMILES string of the molecule is CCC(CC(=O)O)NC(=O)c1oc2ccc(F)cc2c1C. The maximum atomic E-state index is 13.2. The minimum atomic E-state index is -0.981. The van der Waals surface area contributed by atoms with Crippen molar-refractivity contribution in [3.8, 4) is 0 Å². The quantitative estimate of drug-likeness (QED) is 0.888. The molecule has 0 saturated heterocycles. The number of fused-ring (bicyclic) bond motifs is 1. The van der Waals surface area contributed by atoms with E-state index in [9.17, 15) is 14.0 Å². The first-order valence-corrected chi connectivity index (χ1v) is 6.63. The van der Waals surface area contributed by atoms with E-state index in [0.717, 1.165) is 0 Å². The summed E-state index contributed by atoms with van der Waals surface area (Å²) in [6.45, 7) is 3.45. The first kappa shape index (κ1) is 15.0. The van der Waals surface area contributed by atoms with E-state index in [0.29, 0.717) is 23.0 Å². The first-order valence-electron chi connectivity index (χ1n) is 6.63.